The lowest BCUT2D eigenvalue weighted by Crippen LogP contribution is -2.14. The topological polar surface area (TPSA) is 60.7 Å². The van der Waals surface area contributed by atoms with Crippen LogP contribution in [0.3, 0.4) is 0 Å². The van der Waals surface area contributed by atoms with Gasteiger partial charge in [0.1, 0.15) is 5.82 Å². The van der Waals surface area contributed by atoms with E-state index in [0.717, 1.165) is 5.69 Å². The van der Waals surface area contributed by atoms with E-state index in [2.05, 4.69) is 15.6 Å². The van der Waals surface area contributed by atoms with Crippen LogP contribution in [-0.4, -0.2) is 12.0 Å². The second kappa shape index (κ2) is 4.78. The molecule has 1 aromatic heterocycles. The average molecular weight is 174 g/mol. The number of hydrogen-bond acceptors (Lipinski definition) is 4. The first kappa shape index (κ1) is 9.07. The Hall–Kier alpha value is -2.02. The van der Waals surface area contributed by atoms with Crippen molar-refractivity contribution in [3.8, 4) is 6.07 Å². The van der Waals surface area contributed by atoms with Crippen molar-refractivity contribution in [1.29, 1.82) is 5.26 Å². The highest BCUT2D eigenvalue weighted by molar-refractivity contribution is 5.46. The van der Waals surface area contributed by atoms with Gasteiger partial charge in [-0.3, -0.25) is 4.98 Å². The molecule has 0 saturated carbocycles. The third-order valence-corrected chi connectivity index (χ3v) is 1.44. The highest BCUT2D eigenvalue weighted by Crippen LogP contribution is 2.05. The van der Waals surface area contributed by atoms with E-state index in [9.17, 15) is 0 Å². The van der Waals surface area contributed by atoms with Crippen molar-refractivity contribution in [3.05, 3.63) is 36.4 Å². The zero-order chi connectivity index (χ0) is 9.52. The van der Waals surface area contributed by atoms with Crippen molar-refractivity contribution >= 4 is 5.69 Å². The minimum atomic E-state index is 0.661. The van der Waals surface area contributed by atoms with E-state index >= 15 is 0 Å². The number of nitrogens with zero attached hydrogens (tertiary/aromatic N) is 2. The van der Waals surface area contributed by atoms with Gasteiger partial charge in [0.25, 0.3) is 0 Å². The van der Waals surface area contributed by atoms with Gasteiger partial charge in [0.05, 0.1) is 12.1 Å². The minimum Gasteiger partial charge on any atom is -0.374 e. The minimum absolute atomic E-state index is 0.661. The molecule has 66 valence electrons. The molecular formula is C9H10N4. The standard InChI is InChI=1S/C9H10N4/c1-11-9(2-5-10)13-8-3-6-12-7-4-8/h2-4,6-7,11H,1H3,(H,12,13)/b9-2+. The molecular weight excluding hydrogens is 164 g/mol. The fraction of sp³-hybridized carbons (Fsp3) is 0.111. The van der Waals surface area contributed by atoms with Crippen LogP contribution < -0.4 is 10.6 Å². The van der Waals surface area contributed by atoms with Crippen LogP contribution in [0.5, 0.6) is 0 Å². The Labute approximate surface area is 76.9 Å². The van der Waals surface area contributed by atoms with Crippen LogP contribution in [0.4, 0.5) is 5.69 Å². The van der Waals surface area contributed by atoms with E-state index in [-0.39, 0.29) is 0 Å². The van der Waals surface area contributed by atoms with Crippen molar-refractivity contribution < 1.29 is 0 Å². The van der Waals surface area contributed by atoms with Gasteiger partial charge in [-0.05, 0) is 12.1 Å². The van der Waals surface area contributed by atoms with Crippen molar-refractivity contribution in [2.24, 2.45) is 0 Å². The molecule has 0 radical (unpaired) electrons. The maximum absolute atomic E-state index is 8.43. The largest absolute Gasteiger partial charge is 0.374 e. The van der Waals surface area contributed by atoms with Crippen LogP contribution in [0, 0.1) is 11.3 Å². The van der Waals surface area contributed by atoms with E-state index in [4.69, 9.17) is 5.26 Å². The summed E-state index contributed by atoms with van der Waals surface area (Å²) in [4.78, 5) is 3.88. The smallest absolute Gasteiger partial charge is 0.114 e. The Bertz CT molecular complexity index is 323. The first-order valence-corrected chi connectivity index (χ1v) is 3.81. The number of rotatable bonds is 3. The van der Waals surface area contributed by atoms with Crippen LogP contribution in [-0.2, 0) is 0 Å². The number of nitrogens with one attached hydrogen (secondary N) is 2. The number of pyridine rings is 1. The molecule has 4 nitrogen and oxygen atoms in total. The van der Waals surface area contributed by atoms with Crippen LogP contribution in [0.25, 0.3) is 0 Å². The van der Waals surface area contributed by atoms with Crippen LogP contribution >= 0.6 is 0 Å². The SMILES string of the molecule is CN/C(=C\C#N)Nc1ccncc1. The van der Waals surface area contributed by atoms with E-state index < -0.39 is 0 Å². The molecule has 0 atom stereocenters. The number of anilines is 1. The molecule has 0 bridgehead atoms. The molecule has 2 N–H and O–H groups in total. The Morgan fingerprint density at radius 2 is 2.23 bits per heavy atom. The van der Waals surface area contributed by atoms with E-state index in [1.807, 2.05) is 18.2 Å². The van der Waals surface area contributed by atoms with Gasteiger partial charge in [-0.25, -0.2) is 0 Å². The van der Waals surface area contributed by atoms with Gasteiger partial charge in [0, 0.05) is 25.1 Å². The number of nitriles is 1. The zero-order valence-corrected chi connectivity index (χ0v) is 7.28. The molecule has 0 fully saturated rings. The van der Waals surface area contributed by atoms with Gasteiger partial charge in [-0.1, -0.05) is 0 Å². The summed E-state index contributed by atoms with van der Waals surface area (Å²) in [6, 6.07) is 5.58. The number of allylic oxidation sites excluding steroid dienone is 1. The highest BCUT2D eigenvalue weighted by Gasteiger charge is 1.92. The lowest BCUT2D eigenvalue weighted by Gasteiger charge is -2.07. The molecule has 1 aromatic rings. The van der Waals surface area contributed by atoms with E-state index in [1.54, 1.807) is 19.4 Å². The first-order valence-electron chi connectivity index (χ1n) is 3.81. The van der Waals surface area contributed by atoms with Crippen molar-refractivity contribution in [1.82, 2.24) is 10.3 Å². The van der Waals surface area contributed by atoms with Crippen LogP contribution in [0.15, 0.2) is 36.4 Å². The Morgan fingerprint density at radius 3 is 2.77 bits per heavy atom. The summed E-state index contributed by atoms with van der Waals surface area (Å²) in [5.74, 6) is 0.661. The van der Waals surface area contributed by atoms with Gasteiger partial charge in [0.15, 0.2) is 0 Å². The highest BCUT2D eigenvalue weighted by atomic mass is 15.1. The van der Waals surface area contributed by atoms with E-state index in [1.165, 1.54) is 6.08 Å². The molecule has 0 amide bonds. The quantitative estimate of drug-likeness (QED) is 0.673. The maximum Gasteiger partial charge on any atom is 0.114 e. The molecule has 0 unspecified atom stereocenters. The van der Waals surface area contributed by atoms with E-state index in [0.29, 0.717) is 5.82 Å². The van der Waals surface area contributed by atoms with Gasteiger partial charge in [-0.2, -0.15) is 5.26 Å². The Kier molecular flexibility index (Phi) is 3.33. The summed E-state index contributed by atoms with van der Waals surface area (Å²) in [5.41, 5.74) is 0.894. The summed E-state index contributed by atoms with van der Waals surface area (Å²) in [6.45, 7) is 0. The van der Waals surface area contributed by atoms with Gasteiger partial charge in [0.2, 0.25) is 0 Å². The second-order valence-electron chi connectivity index (χ2n) is 2.30. The first-order chi connectivity index (χ1) is 6.36. The lowest BCUT2D eigenvalue weighted by molar-refractivity contribution is 0.997. The fourth-order valence-electron chi connectivity index (χ4n) is 0.826. The molecule has 0 aliphatic rings. The number of aromatic nitrogens is 1. The van der Waals surface area contributed by atoms with Crippen LogP contribution in [0.2, 0.25) is 0 Å². The fourth-order valence-corrected chi connectivity index (χ4v) is 0.826. The zero-order valence-electron chi connectivity index (χ0n) is 7.28. The summed E-state index contributed by atoms with van der Waals surface area (Å²) < 4.78 is 0. The molecule has 0 aliphatic carbocycles. The normalized spacial score (nSPS) is 10.3. The summed E-state index contributed by atoms with van der Waals surface area (Å²) in [6.07, 6.45) is 4.77. The Balaban J connectivity index is 2.69. The van der Waals surface area contributed by atoms with Gasteiger partial charge in [-0.15, -0.1) is 0 Å². The van der Waals surface area contributed by atoms with Gasteiger partial charge < -0.3 is 10.6 Å². The summed E-state index contributed by atoms with van der Waals surface area (Å²) in [5, 5.41) is 14.3. The van der Waals surface area contributed by atoms with Crippen molar-refractivity contribution in [2.45, 2.75) is 0 Å². The Morgan fingerprint density at radius 1 is 1.54 bits per heavy atom. The third-order valence-electron chi connectivity index (χ3n) is 1.44. The summed E-state index contributed by atoms with van der Waals surface area (Å²) >= 11 is 0. The van der Waals surface area contributed by atoms with Crippen molar-refractivity contribution in [3.63, 3.8) is 0 Å². The molecule has 0 aromatic carbocycles. The van der Waals surface area contributed by atoms with Crippen LogP contribution in [0.1, 0.15) is 0 Å². The van der Waals surface area contributed by atoms with Crippen molar-refractivity contribution in [2.75, 3.05) is 12.4 Å². The predicted molar refractivity (Wildman–Crippen MR) is 50.6 cm³/mol. The molecule has 13 heavy (non-hydrogen) atoms. The predicted octanol–water partition coefficient (Wildman–Crippen LogP) is 1.08. The summed E-state index contributed by atoms with van der Waals surface area (Å²) in [7, 11) is 1.75. The molecule has 1 rings (SSSR count). The second-order valence-corrected chi connectivity index (χ2v) is 2.30. The molecule has 4 heteroatoms. The monoisotopic (exact) mass is 174 g/mol. The maximum atomic E-state index is 8.43. The third kappa shape index (κ3) is 2.83. The average Bonchev–Trinajstić information content (AvgIpc) is 2.19. The lowest BCUT2D eigenvalue weighted by atomic mass is 10.4. The van der Waals surface area contributed by atoms with Gasteiger partial charge >= 0.3 is 0 Å². The number of hydrogen-bond donors (Lipinski definition) is 2. The molecule has 0 aliphatic heterocycles. The molecule has 1 heterocycles. The molecule has 0 saturated heterocycles. The molecule has 0 spiro atoms.